The molecule has 2 rings (SSSR count). The SMILES string of the molecule is CCOC(=O)c1cc(O[PH](=O)c2cc(C(=O)OCC)cc(C(=O)OCC)c2)cc(C(=O)OCC)c1. The first kappa shape index (κ1) is 27.6. The van der Waals surface area contributed by atoms with E-state index < -0.39 is 31.9 Å². The first-order valence-corrected chi connectivity index (χ1v) is 12.3. The van der Waals surface area contributed by atoms with Crippen LogP contribution >= 0.6 is 8.03 Å². The number of ether oxygens (including phenoxy) is 4. The topological polar surface area (TPSA) is 132 Å². The van der Waals surface area contributed by atoms with Crippen molar-refractivity contribution in [1.29, 1.82) is 0 Å². The molecule has 0 saturated heterocycles. The van der Waals surface area contributed by atoms with Crippen molar-refractivity contribution in [2.24, 2.45) is 0 Å². The van der Waals surface area contributed by atoms with Crippen LogP contribution in [0.1, 0.15) is 69.1 Å². The van der Waals surface area contributed by atoms with Crippen LogP contribution in [0.2, 0.25) is 0 Å². The third kappa shape index (κ3) is 7.68. The van der Waals surface area contributed by atoms with E-state index in [2.05, 4.69) is 0 Å². The molecule has 0 heterocycles. The van der Waals surface area contributed by atoms with Crippen LogP contribution in [-0.2, 0) is 23.5 Å². The molecular weight excluding hydrogens is 479 g/mol. The normalized spacial score (nSPS) is 11.2. The van der Waals surface area contributed by atoms with Crippen molar-refractivity contribution in [3.05, 3.63) is 58.7 Å². The van der Waals surface area contributed by atoms with Crippen LogP contribution in [0.4, 0.5) is 0 Å². The Hall–Kier alpha value is -3.65. The average Bonchev–Trinajstić information content (AvgIpc) is 2.84. The number of benzene rings is 2. The number of hydrogen-bond acceptors (Lipinski definition) is 10. The average molecular weight is 506 g/mol. The third-order valence-corrected chi connectivity index (χ3v) is 5.51. The Kier molecular flexibility index (Phi) is 10.5. The molecule has 1 unspecified atom stereocenters. The molecule has 35 heavy (non-hydrogen) atoms. The minimum absolute atomic E-state index is 0.00492. The van der Waals surface area contributed by atoms with Crippen molar-refractivity contribution in [3.8, 4) is 5.75 Å². The fraction of sp³-hybridized carbons (Fsp3) is 0.333. The maximum atomic E-state index is 13.1. The third-order valence-electron chi connectivity index (χ3n) is 4.33. The molecular formula is C24H27O10P. The van der Waals surface area contributed by atoms with Crippen LogP contribution in [0.25, 0.3) is 0 Å². The van der Waals surface area contributed by atoms with Crippen molar-refractivity contribution >= 4 is 37.2 Å². The number of rotatable bonds is 11. The number of hydrogen-bond donors (Lipinski definition) is 0. The van der Waals surface area contributed by atoms with Gasteiger partial charge in [-0.3, -0.25) is 4.57 Å². The van der Waals surface area contributed by atoms with Crippen molar-refractivity contribution in [2.45, 2.75) is 27.7 Å². The summed E-state index contributed by atoms with van der Waals surface area (Å²) in [6, 6.07) is 7.65. The monoisotopic (exact) mass is 506 g/mol. The molecule has 188 valence electrons. The first-order chi connectivity index (χ1) is 16.7. The van der Waals surface area contributed by atoms with Gasteiger partial charge in [0.15, 0.2) is 0 Å². The fourth-order valence-corrected chi connectivity index (χ4v) is 3.89. The summed E-state index contributed by atoms with van der Waals surface area (Å²) < 4.78 is 38.6. The van der Waals surface area contributed by atoms with Crippen molar-refractivity contribution in [1.82, 2.24) is 0 Å². The molecule has 0 spiro atoms. The molecule has 11 heteroatoms. The summed E-state index contributed by atoms with van der Waals surface area (Å²) in [5.74, 6) is -2.93. The lowest BCUT2D eigenvalue weighted by molar-refractivity contribution is 0.0506. The van der Waals surface area contributed by atoms with Crippen LogP contribution in [-0.4, -0.2) is 50.3 Å². The van der Waals surface area contributed by atoms with Crippen molar-refractivity contribution in [2.75, 3.05) is 26.4 Å². The van der Waals surface area contributed by atoms with Gasteiger partial charge in [0, 0.05) is 5.30 Å². The van der Waals surface area contributed by atoms with Crippen LogP contribution in [0.5, 0.6) is 5.75 Å². The standard InChI is InChI=1S/C24H27O10P/c1-5-30-21(25)15-9-16(22(26)31-6-2)12-19(11-15)34-35(29)20-13-17(23(27)32-7-3)10-18(14-20)24(28)33-8-4/h9-14,35H,5-8H2,1-4H3. The molecule has 2 aromatic carbocycles. The Labute approximate surface area is 203 Å². The van der Waals surface area contributed by atoms with Crippen molar-refractivity contribution < 1.29 is 47.2 Å². The van der Waals surface area contributed by atoms with E-state index in [4.69, 9.17) is 23.5 Å². The second-order valence-electron chi connectivity index (χ2n) is 6.82. The predicted octanol–water partition coefficient (Wildman–Crippen LogP) is 3.57. The van der Waals surface area contributed by atoms with E-state index in [0.717, 1.165) is 0 Å². The van der Waals surface area contributed by atoms with Crippen LogP contribution in [0.3, 0.4) is 0 Å². The molecule has 0 amide bonds. The zero-order chi connectivity index (χ0) is 26.0. The van der Waals surface area contributed by atoms with Gasteiger partial charge < -0.3 is 23.5 Å². The lowest BCUT2D eigenvalue weighted by Gasteiger charge is -2.12. The molecule has 0 aliphatic carbocycles. The van der Waals surface area contributed by atoms with Gasteiger partial charge in [-0.15, -0.1) is 0 Å². The van der Waals surface area contributed by atoms with E-state index in [1.54, 1.807) is 27.7 Å². The van der Waals surface area contributed by atoms with Crippen molar-refractivity contribution in [3.63, 3.8) is 0 Å². The first-order valence-electron chi connectivity index (χ1n) is 10.9. The molecule has 0 aliphatic heterocycles. The number of carbonyl (C=O) groups excluding carboxylic acids is 4. The van der Waals surface area contributed by atoms with E-state index in [1.807, 2.05) is 0 Å². The van der Waals surface area contributed by atoms with Gasteiger partial charge in [0.2, 0.25) is 0 Å². The molecule has 0 radical (unpaired) electrons. The molecule has 0 N–H and O–H groups in total. The van der Waals surface area contributed by atoms with Gasteiger partial charge >= 0.3 is 23.9 Å². The van der Waals surface area contributed by atoms with E-state index in [1.165, 1.54) is 36.4 Å². The van der Waals surface area contributed by atoms with E-state index >= 15 is 0 Å². The van der Waals surface area contributed by atoms with Gasteiger partial charge in [-0.1, -0.05) is 0 Å². The molecule has 0 aromatic heterocycles. The summed E-state index contributed by atoms with van der Waals surface area (Å²) in [4.78, 5) is 49.0. The Balaban J connectivity index is 2.48. The summed E-state index contributed by atoms with van der Waals surface area (Å²) in [7, 11) is -3.14. The van der Waals surface area contributed by atoms with Crippen LogP contribution in [0, 0.1) is 0 Å². The Morgan fingerprint density at radius 3 is 1.20 bits per heavy atom. The molecule has 0 bridgehead atoms. The molecule has 0 fully saturated rings. The van der Waals surface area contributed by atoms with Gasteiger partial charge in [0.25, 0.3) is 8.03 Å². The smallest absolute Gasteiger partial charge is 0.338 e. The van der Waals surface area contributed by atoms with Gasteiger partial charge in [0.05, 0.1) is 48.7 Å². The minimum atomic E-state index is -3.14. The van der Waals surface area contributed by atoms with E-state index in [0.29, 0.717) is 0 Å². The summed E-state index contributed by atoms with van der Waals surface area (Å²) in [6.45, 7) is 6.90. The maximum absolute atomic E-state index is 13.1. The minimum Gasteiger partial charge on any atom is -0.462 e. The molecule has 0 aliphatic rings. The molecule has 2 aromatic rings. The fourth-order valence-electron chi connectivity index (χ4n) is 2.90. The zero-order valence-electron chi connectivity index (χ0n) is 19.9. The van der Waals surface area contributed by atoms with Gasteiger partial charge in [-0.2, -0.15) is 0 Å². The second kappa shape index (κ2) is 13.3. The van der Waals surface area contributed by atoms with E-state index in [9.17, 15) is 23.7 Å². The summed E-state index contributed by atoms with van der Waals surface area (Å²) in [6.07, 6.45) is 0. The zero-order valence-corrected chi connectivity index (χ0v) is 20.9. The van der Waals surface area contributed by atoms with Crippen LogP contribution < -0.4 is 9.83 Å². The molecule has 10 nitrogen and oxygen atoms in total. The Bertz CT molecular complexity index is 1050. The van der Waals surface area contributed by atoms with Crippen LogP contribution in [0.15, 0.2) is 36.4 Å². The second-order valence-corrected chi connectivity index (χ2v) is 8.17. The quantitative estimate of drug-likeness (QED) is 0.253. The lowest BCUT2D eigenvalue weighted by Crippen LogP contribution is -2.14. The summed E-state index contributed by atoms with van der Waals surface area (Å²) in [5, 5.41) is 0.0304. The lowest BCUT2D eigenvalue weighted by atomic mass is 10.1. The Morgan fingerprint density at radius 2 is 0.886 bits per heavy atom. The highest BCUT2D eigenvalue weighted by atomic mass is 31.1. The highest BCUT2D eigenvalue weighted by molar-refractivity contribution is 7.48. The Morgan fingerprint density at radius 1 is 0.571 bits per heavy atom. The van der Waals surface area contributed by atoms with Gasteiger partial charge in [-0.05, 0) is 64.1 Å². The largest absolute Gasteiger partial charge is 0.462 e. The predicted molar refractivity (Wildman–Crippen MR) is 126 cm³/mol. The summed E-state index contributed by atoms with van der Waals surface area (Å²) in [5.41, 5.74) is -0.0342. The molecule has 1 atom stereocenters. The van der Waals surface area contributed by atoms with Gasteiger partial charge in [0.1, 0.15) is 5.75 Å². The summed E-state index contributed by atoms with van der Waals surface area (Å²) >= 11 is 0. The number of carbonyl (C=O) groups is 4. The van der Waals surface area contributed by atoms with E-state index in [-0.39, 0.29) is 59.7 Å². The number of esters is 4. The maximum Gasteiger partial charge on any atom is 0.338 e. The highest BCUT2D eigenvalue weighted by Crippen LogP contribution is 2.30. The molecule has 0 saturated carbocycles. The van der Waals surface area contributed by atoms with Gasteiger partial charge in [-0.25, -0.2) is 19.2 Å². The highest BCUT2D eigenvalue weighted by Gasteiger charge is 2.20.